The molecule has 0 amide bonds. The summed E-state index contributed by atoms with van der Waals surface area (Å²) in [4.78, 5) is 13.2. The molecule has 3 nitrogen and oxygen atoms in total. The Kier molecular flexibility index (Phi) is 6.33. The van der Waals surface area contributed by atoms with Crippen molar-refractivity contribution >= 4 is 40.5 Å². The number of anilines is 1. The van der Waals surface area contributed by atoms with E-state index in [4.69, 9.17) is 11.6 Å². The van der Waals surface area contributed by atoms with E-state index in [-0.39, 0.29) is 21.5 Å². The number of Topliss-reactive ketones (excluding diaryl/α,β-unsaturated/α-hetero) is 1. The first-order valence-corrected chi connectivity index (χ1v) is 11.1. The Hall–Kier alpha value is -3.11. The number of carbonyl (C=O) groups excluding carboxylic acids is 1. The third-order valence-corrected chi connectivity index (χ3v) is 6.58. The molecule has 160 valence electrons. The van der Waals surface area contributed by atoms with Crippen LogP contribution in [0.25, 0.3) is 6.08 Å². The molecule has 3 aromatic rings. The summed E-state index contributed by atoms with van der Waals surface area (Å²) in [7, 11) is 1.63. The van der Waals surface area contributed by atoms with Crippen molar-refractivity contribution in [3.8, 4) is 11.8 Å². The van der Waals surface area contributed by atoms with Crippen LogP contribution in [0.5, 0.6) is 0 Å². The van der Waals surface area contributed by atoms with Crippen molar-refractivity contribution in [1.29, 1.82) is 0 Å². The van der Waals surface area contributed by atoms with Gasteiger partial charge in [-0.25, -0.2) is 8.78 Å². The summed E-state index contributed by atoms with van der Waals surface area (Å²) >= 11 is 4.10. The third kappa shape index (κ3) is 4.56. The number of hydrogen-bond acceptors (Lipinski definition) is 3. The van der Waals surface area contributed by atoms with E-state index in [0.29, 0.717) is 28.8 Å². The van der Waals surface area contributed by atoms with E-state index in [0.717, 1.165) is 5.56 Å². The molecule has 1 heterocycles. The van der Waals surface area contributed by atoms with Crippen LogP contribution in [0.1, 0.15) is 27.0 Å². The fourth-order valence-electron chi connectivity index (χ4n) is 3.24. The maximum Gasteiger partial charge on any atom is 0.245 e. The number of nitrogens with zero attached hydrogens (tertiary/aromatic N) is 1. The normalized spacial score (nSPS) is 16.5. The van der Waals surface area contributed by atoms with Gasteiger partial charge in [0.15, 0.2) is 0 Å². The smallest absolute Gasteiger partial charge is 0.245 e. The third-order valence-electron chi connectivity index (χ3n) is 4.92. The van der Waals surface area contributed by atoms with Crippen LogP contribution in [0, 0.1) is 23.5 Å². The fourth-order valence-corrected chi connectivity index (χ4v) is 4.57. The average Bonchev–Trinajstić information content (AvgIpc) is 2.79. The van der Waals surface area contributed by atoms with Gasteiger partial charge >= 0.3 is 0 Å². The number of fused-ring (bicyclic) bond motifs is 1. The summed E-state index contributed by atoms with van der Waals surface area (Å²) in [5, 5.41) is -0.0825. The van der Waals surface area contributed by atoms with Gasteiger partial charge in [-0.05, 0) is 53.6 Å². The minimum Gasteiger partial charge on any atom is -0.588 e. The second kappa shape index (κ2) is 9.17. The first kappa shape index (κ1) is 22.1. The van der Waals surface area contributed by atoms with E-state index >= 15 is 0 Å². The van der Waals surface area contributed by atoms with Crippen molar-refractivity contribution in [2.75, 3.05) is 11.4 Å². The highest BCUT2D eigenvalue weighted by Crippen LogP contribution is 2.35. The number of ketones is 1. The molecule has 0 N–H and O–H groups in total. The van der Waals surface area contributed by atoms with E-state index in [1.807, 2.05) is 0 Å². The van der Waals surface area contributed by atoms with Crippen LogP contribution in [-0.2, 0) is 17.8 Å². The lowest BCUT2D eigenvalue weighted by molar-refractivity contribution is 0.104. The lowest BCUT2D eigenvalue weighted by Gasteiger charge is -2.29. The van der Waals surface area contributed by atoms with Gasteiger partial charge in [-0.2, -0.15) is 4.31 Å². The second-order valence-corrected chi connectivity index (χ2v) is 8.99. The van der Waals surface area contributed by atoms with Crippen LogP contribution in [0.2, 0.25) is 5.02 Å². The Morgan fingerprint density at radius 3 is 2.56 bits per heavy atom. The van der Waals surface area contributed by atoms with E-state index in [2.05, 4.69) is 11.8 Å². The van der Waals surface area contributed by atoms with Crippen LogP contribution in [0.3, 0.4) is 0 Å². The molecule has 1 unspecified atom stereocenters. The van der Waals surface area contributed by atoms with Gasteiger partial charge in [0.05, 0.1) is 23.3 Å². The molecule has 0 aromatic heterocycles. The highest BCUT2D eigenvalue weighted by Gasteiger charge is 2.38. The molecule has 0 saturated heterocycles. The standard InChI is InChI=1S/C25H16ClF2NO2S/c1-29-23-12-8-17(4-2-3-16-5-9-19(27)10-6-16)13-20(23)25(30)24(32(29)31)15-18-7-11-22(28)21(26)14-18/h5-15H,3H2,1H3/b24-15+. The number of allylic oxidation sites excluding steroid dienone is 1. The highest BCUT2D eigenvalue weighted by atomic mass is 35.5. The van der Waals surface area contributed by atoms with Crippen LogP contribution in [0.4, 0.5) is 14.5 Å². The van der Waals surface area contributed by atoms with Crippen molar-refractivity contribution in [1.82, 2.24) is 0 Å². The zero-order valence-corrected chi connectivity index (χ0v) is 18.4. The van der Waals surface area contributed by atoms with Gasteiger partial charge in [0.25, 0.3) is 0 Å². The van der Waals surface area contributed by atoms with Gasteiger partial charge in [-0.3, -0.25) is 4.79 Å². The van der Waals surface area contributed by atoms with Gasteiger partial charge in [0.2, 0.25) is 10.7 Å². The summed E-state index contributed by atoms with van der Waals surface area (Å²) in [6, 6.07) is 15.3. The monoisotopic (exact) mass is 467 g/mol. The Bertz CT molecular complexity index is 1300. The SMILES string of the molecule is CN1c2ccc(C#CCc3ccc(F)cc3)cc2C(=O)/C(=C\c2ccc(F)c(Cl)c2)[S+]1[O-]. The molecule has 32 heavy (non-hydrogen) atoms. The molecule has 0 saturated carbocycles. The molecule has 7 heteroatoms. The minimum atomic E-state index is -1.72. The first-order valence-electron chi connectivity index (χ1n) is 9.58. The van der Waals surface area contributed by atoms with Gasteiger partial charge in [-0.1, -0.05) is 41.6 Å². The summed E-state index contributed by atoms with van der Waals surface area (Å²) in [6.45, 7) is 0. The van der Waals surface area contributed by atoms with Gasteiger partial charge in [0.1, 0.15) is 23.0 Å². The molecular weight excluding hydrogens is 452 g/mol. The summed E-state index contributed by atoms with van der Waals surface area (Å²) in [5.41, 5.74) is 2.89. The Morgan fingerprint density at radius 1 is 1.09 bits per heavy atom. The zero-order valence-electron chi connectivity index (χ0n) is 16.9. The molecule has 4 rings (SSSR count). The number of rotatable bonds is 2. The van der Waals surface area contributed by atoms with Gasteiger partial charge in [-0.15, -0.1) is 0 Å². The van der Waals surface area contributed by atoms with E-state index in [1.165, 1.54) is 40.7 Å². The molecule has 1 aliphatic rings. The number of hydrogen-bond donors (Lipinski definition) is 0. The number of carbonyl (C=O) groups is 1. The predicted octanol–water partition coefficient (Wildman–Crippen LogP) is 5.55. The molecule has 3 aromatic carbocycles. The van der Waals surface area contributed by atoms with Crippen LogP contribution in [0.15, 0.2) is 65.6 Å². The van der Waals surface area contributed by atoms with Crippen molar-refractivity contribution in [2.45, 2.75) is 6.42 Å². The maximum atomic E-state index is 13.4. The van der Waals surface area contributed by atoms with Crippen LogP contribution in [-0.4, -0.2) is 17.4 Å². The molecule has 1 aliphatic heterocycles. The molecule has 0 fully saturated rings. The molecule has 0 radical (unpaired) electrons. The van der Waals surface area contributed by atoms with Crippen LogP contribution < -0.4 is 4.31 Å². The summed E-state index contributed by atoms with van der Waals surface area (Å²) in [6.07, 6.45) is 1.89. The quantitative estimate of drug-likeness (QED) is 0.282. The van der Waals surface area contributed by atoms with Crippen LogP contribution >= 0.6 is 11.6 Å². The summed E-state index contributed by atoms with van der Waals surface area (Å²) in [5.74, 6) is 4.77. The average molecular weight is 468 g/mol. The van der Waals surface area contributed by atoms with Crippen molar-refractivity contribution < 1.29 is 18.1 Å². The summed E-state index contributed by atoms with van der Waals surface area (Å²) < 4.78 is 40.8. The number of benzene rings is 3. The lowest BCUT2D eigenvalue weighted by atomic mass is 10.0. The lowest BCUT2D eigenvalue weighted by Crippen LogP contribution is -2.36. The molecule has 1 atom stereocenters. The molecule has 0 spiro atoms. The number of halogens is 3. The topological polar surface area (TPSA) is 43.4 Å². The van der Waals surface area contributed by atoms with E-state index in [9.17, 15) is 18.1 Å². The second-order valence-electron chi connectivity index (χ2n) is 7.09. The Labute approximate surface area is 192 Å². The van der Waals surface area contributed by atoms with Crippen molar-refractivity contribution in [3.05, 3.63) is 104 Å². The highest BCUT2D eigenvalue weighted by molar-refractivity contribution is 7.97. The van der Waals surface area contributed by atoms with Crippen molar-refractivity contribution in [2.24, 2.45) is 0 Å². The molecule has 0 bridgehead atoms. The first-order chi connectivity index (χ1) is 15.3. The Morgan fingerprint density at radius 2 is 1.84 bits per heavy atom. The van der Waals surface area contributed by atoms with Gasteiger partial charge in [0, 0.05) is 18.1 Å². The minimum absolute atomic E-state index is 0.0686. The van der Waals surface area contributed by atoms with Gasteiger partial charge < -0.3 is 4.55 Å². The van der Waals surface area contributed by atoms with E-state index in [1.54, 1.807) is 37.4 Å². The molecular formula is C25H16ClF2NO2S. The van der Waals surface area contributed by atoms with Crippen molar-refractivity contribution in [3.63, 3.8) is 0 Å². The van der Waals surface area contributed by atoms with E-state index < -0.39 is 17.2 Å². The Balaban J connectivity index is 1.64. The largest absolute Gasteiger partial charge is 0.588 e. The fraction of sp³-hybridized carbons (Fsp3) is 0.0800. The zero-order chi connectivity index (χ0) is 22.8. The maximum absolute atomic E-state index is 13.4. The predicted molar refractivity (Wildman–Crippen MR) is 124 cm³/mol. The molecule has 0 aliphatic carbocycles.